The molecule has 0 aromatic heterocycles. The van der Waals surface area contributed by atoms with Crippen LogP contribution in [0.15, 0.2) is 47.6 Å². The Morgan fingerprint density at radius 3 is 1.54 bits per heavy atom. The number of rotatable bonds is 6. The number of carbonyl (C=O) groups is 3. The Labute approximate surface area is 405 Å². The summed E-state index contributed by atoms with van der Waals surface area (Å²) >= 11 is 0. The zero-order chi connectivity index (χ0) is 48.3. The van der Waals surface area contributed by atoms with Crippen LogP contribution in [0.3, 0.4) is 0 Å². The van der Waals surface area contributed by atoms with Gasteiger partial charge in [0.25, 0.3) is 0 Å². The summed E-state index contributed by atoms with van der Waals surface area (Å²) in [4.78, 5) is 44.5. The summed E-state index contributed by atoms with van der Waals surface area (Å²) in [5, 5.41) is 9.70. The second kappa shape index (κ2) is 16.7. The second-order valence-corrected chi connectivity index (χ2v) is 23.1. The molecule has 0 radical (unpaired) electrons. The van der Waals surface area contributed by atoms with Gasteiger partial charge in [-0.2, -0.15) is 0 Å². The van der Waals surface area contributed by atoms with Gasteiger partial charge in [0.1, 0.15) is 12.2 Å². The van der Waals surface area contributed by atoms with Crippen LogP contribution in [0, 0.1) is 0 Å². The van der Waals surface area contributed by atoms with Crippen molar-refractivity contribution < 1.29 is 57.4 Å². The summed E-state index contributed by atoms with van der Waals surface area (Å²) in [6.45, 7) is 18.5. The number of fused-ring (bicyclic) bond motifs is 6. The van der Waals surface area contributed by atoms with Gasteiger partial charge in [-0.25, -0.2) is 9.59 Å². The summed E-state index contributed by atoms with van der Waals surface area (Å²) in [6.07, 6.45) is 14.1. The third-order valence-electron chi connectivity index (χ3n) is 17.4. The lowest BCUT2D eigenvalue weighted by atomic mass is 9.77. The minimum absolute atomic E-state index is 0.0520. The Bertz CT molecular complexity index is 2520. The van der Waals surface area contributed by atoms with Gasteiger partial charge in [0.15, 0.2) is 34.2 Å². The van der Waals surface area contributed by atoms with Crippen LogP contribution in [0.1, 0.15) is 153 Å². The molecular weight excluding hydrogens is 881 g/mol. The fourth-order valence-electron chi connectivity index (χ4n) is 14.6. The Balaban J connectivity index is 0.000000151. The normalized spacial score (nSPS) is 35.3. The molecule has 2 aromatic rings. The average Bonchev–Trinajstić information content (AvgIpc) is 4.14. The van der Waals surface area contributed by atoms with Crippen LogP contribution in [0.2, 0.25) is 0 Å². The Morgan fingerprint density at radius 2 is 1.06 bits per heavy atom. The van der Waals surface area contributed by atoms with Crippen molar-refractivity contribution in [1.29, 1.82) is 0 Å². The highest BCUT2D eigenvalue weighted by Gasteiger charge is 2.60. The molecule has 2 aliphatic carbocycles. The van der Waals surface area contributed by atoms with E-state index in [2.05, 4.69) is 67.0 Å². The van der Waals surface area contributed by atoms with E-state index in [0.717, 1.165) is 124 Å². The molecule has 10 aliphatic rings. The number of nitrogens with zero attached hydrogens (tertiary/aromatic N) is 2. The van der Waals surface area contributed by atoms with Gasteiger partial charge in [-0.1, -0.05) is 12.2 Å². The van der Waals surface area contributed by atoms with Gasteiger partial charge >= 0.3 is 17.9 Å². The van der Waals surface area contributed by atoms with Crippen LogP contribution >= 0.6 is 0 Å². The lowest BCUT2D eigenvalue weighted by Gasteiger charge is -2.44. The first-order valence-electron chi connectivity index (χ1n) is 25.6. The van der Waals surface area contributed by atoms with Crippen molar-refractivity contribution in [2.24, 2.45) is 0 Å². The van der Waals surface area contributed by atoms with E-state index in [1.165, 1.54) is 16.7 Å². The van der Waals surface area contributed by atoms with Crippen LogP contribution in [-0.4, -0.2) is 118 Å². The van der Waals surface area contributed by atoms with E-state index in [9.17, 15) is 19.5 Å². The van der Waals surface area contributed by atoms with Gasteiger partial charge in [-0.05, 0) is 196 Å². The summed E-state index contributed by atoms with van der Waals surface area (Å²) in [6, 6.07) is 8.46. The van der Waals surface area contributed by atoms with Crippen molar-refractivity contribution in [2.45, 2.75) is 189 Å². The quantitative estimate of drug-likeness (QED) is 0.218. The predicted molar refractivity (Wildman–Crippen MR) is 254 cm³/mol. The van der Waals surface area contributed by atoms with Gasteiger partial charge in [-0.3, -0.25) is 14.6 Å². The lowest BCUT2D eigenvalue weighted by Crippen LogP contribution is -2.54. The number of carboxylic acid groups (broad SMARTS) is 1. The van der Waals surface area contributed by atoms with Crippen LogP contribution in [0.25, 0.3) is 0 Å². The summed E-state index contributed by atoms with van der Waals surface area (Å²) in [5.41, 5.74) is 3.35. The van der Waals surface area contributed by atoms with Crippen molar-refractivity contribution in [2.75, 3.05) is 39.8 Å². The van der Waals surface area contributed by atoms with Crippen molar-refractivity contribution in [3.05, 3.63) is 69.8 Å². The topological polar surface area (TPSA) is 152 Å². The number of carbonyl (C=O) groups excluding carboxylic acids is 2. The van der Waals surface area contributed by atoms with Crippen molar-refractivity contribution >= 4 is 17.9 Å². The fraction of sp³-hybridized carbons (Fsp3) is 0.655. The molecule has 4 saturated heterocycles. The molecule has 2 aromatic carbocycles. The third kappa shape index (κ3) is 7.85. The lowest BCUT2D eigenvalue weighted by molar-refractivity contribution is -0.215. The predicted octanol–water partition coefficient (Wildman–Crippen LogP) is 8.45. The first-order valence-corrected chi connectivity index (χ1v) is 25.6. The molecule has 8 heterocycles. The molecule has 4 fully saturated rings. The molecule has 0 saturated carbocycles. The fourth-order valence-corrected chi connectivity index (χ4v) is 14.6. The second-order valence-electron chi connectivity index (χ2n) is 23.1. The maximum Gasteiger partial charge on any atom is 0.339 e. The summed E-state index contributed by atoms with van der Waals surface area (Å²) in [7, 11) is 0. The van der Waals surface area contributed by atoms with Gasteiger partial charge < -0.3 is 43.0 Å². The summed E-state index contributed by atoms with van der Waals surface area (Å²) < 4.78 is 48.2. The van der Waals surface area contributed by atoms with Gasteiger partial charge in [-0.15, -0.1) is 0 Å². The average molecular weight is 951 g/mol. The van der Waals surface area contributed by atoms with E-state index in [1.54, 1.807) is 0 Å². The molecule has 1 N–H and O–H groups in total. The van der Waals surface area contributed by atoms with Crippen LogP contribution < -0.4 is 18.9 Å². The number of ether oxygens (including phenoxy) is 8. The first-order chi connectivity index (χ1) is 32.8. The zero-order valence-electron chi connectivity index (χ0n) is 41.5. The molecule has 0 amide bonds. The maximum absolute atomic E-state index is 13.9. The Morgan fingerprint density at radius 1 is 0.594 bits per heavy atom. The molecule has 4 unspecified atom stereocenters. The molecule has 8 atom stereocenters. The highest BCUT2D eigenvalue weighted by atomic mass is 16.7. The van der Waals surface area contributed by atoms with E-state index in [-0.39, 0.29) is 54.2 Å². The van der Waals surface area contributed by atoms with Gasteiger partial charge in [0, 0.05) is 24.9 Å². The first kappa shape index (κ1) is 46.7. The van der Waals surface area contributed by atoms with E-state index >= 15 is 0 Å². The molecule has 14 nitrogen and oxygen atoms in total. The molecule has 8 aliphatic heterocycles. The molecule has 372 valence electrons. The Hall–Kier alpha value is -4.63. The number of carboxylic acids is 1. The maximum atomic E-state index is 13.9. The molecule has 0 bridgehead atoms. The minimum Gasteiger partial charge on any atom is -0.481 e. The number of aliphatic carboxylic acids is 1. The molecular formula is C55H70N2O12. The van der Waals surface area contributed by atoms with E-state index in [0.29, 0.717) is 19.3 Å². The highest BCUT2D eigenvalue weighted by Crippen LogP contribution is 2.58. The number of hydrogen-bond donors (Lipinski definition) is 1. The number of hydrogen-bond acceptors (Lipinski definition) is 13. The van der Waals surface area contributed by atoms with E-state index in [4.69, 9.17) is 37.9 Å². The summed E-state index contributed by atoms with van der Waals surface area (Å²) in [5.74, 6) is 1.20. The molecule has 12 rings (SSSR count). The van der Waals surface area contributed by atoms with Crippen molar-refractivity contribution in [1.82, 2.24) is 9.80 Å². The van der Waals surface area contributed by atoms with Gasteiger partial charge in [0.2, 0.25) is 13.6 Å². The largest absolute Gasteiger partial charge is 0.481 e. The van der Waals surface area contributed by atoms with Crippen molar-refractivity contribution in [3.8, 4) is 23.0 Å². The molecule has 2 spiro atoms. The number of benzene rings is 2. The molecule has 69 heavy (non-hydrogen) atoms. The molecule has 14 heteroatoms. The Kier molecular flexibility index (Phi) is 11.3. The SMILES string of the molecule is CC1=CC23CCCN2CCc2cc4c(cc2[C@@H]3C1OC(=O)[C@]1(C)CCCC(C)(C)O1)OCO4.CC1=CC23CCCN2CCc2cc4c(cc2[C@@H]3C1OC(=O)[C@]1(CC(=O)O)CCCC(C)(C)O1)OCO4. The monoisotopic (exact) mass is 950 g/mol. The smallest absolute Gasteiger partial charge is 0.339 e. The minimum atomic E-state index is -1.48. The standard InChI is InChI=1S/C28H35NO7.C27H35NO5/c1-17-14-27-8-5-10-29(27)11-6-18-12-20-21(34-16-33-20)13-19(18)23(27)24(17)35-25(32)28(15-22(30)31)9-4-7-26(2,3)36-28;1-17-15-27-10-6-11-28(27)12-7-18-13-20-21(31-16-30-20)14-19(18)22(27)23(17)32-24(29)26(4)9-5-8-25(2,3)33-26/h12-14,23-24H,4-11,15-16H2,1-3H3,(H,30,31);13-15,22-23H,5-12,16H2,1-4H3/t23-,24?,27?,28-;22-,23?,26+,27?/m11/s1. The van der Waals surface area contributed by atoms with Crippen LogP contribution in [0.5, 0.6) is 23.0 Å². The van der Waals surface area contributed by atoms with Crippen molar-refractivity contribution in [3.63, 3.8) is 0 Å². The highest BCUT2D eigenvalue weighted by molar-refractivity contribution is 5.86. The van der Waals surface area contributed by atoms with Crippen LogP contribution in [0.4, 0.5) is 0 Å². The van der Waals surface area contributed by atoms with Gasteiger partial charge in [0.05, 0.1) is 28.7 Å². The van der Waals surface area contributed by atoms with Crippen LogP contribution in [-0.2, 0) is 46.2 Å². The third-order valence-corrected chi connectivity index (χ3v) is 17.4. The van der Waals surface area contributed by atoms with E-state index in [1.807, 2.05) is 27.7 Å². The number of esters is 2. The zero-order valence-corrected chi connectivity index (χ0v) is 41.5. The van der Waals surface area contributed by atoms with E-state index < -0.39 is 41.3 Å².